The van der Waals surface area contributed by atoms with E-state index >= 15 is 0 Å². The Bertz CT molecular complexity index is 958. The van der Waals surface area contributed by atoms with Crippen LogP contribution in [-0.4, -0.2) is 40.8 Å². The van der Waals surface area contributed by atoms with Crippen molar-refractivity contribution in [2.24, 2.45) is 0 Å². The van der Waals surface area contributed by atoms with E-state index in [2.05, 4.69) is 10.3 Å². The Morgan fingerprint density at radius 1 is 0.926 bits per heavy atom. The lowest BCUT2D eigenvalue weighted by Crippen LogP contribution is -2.46. The van der Waals surface area contributed by atoms with E-state index in [9.17, 15) is 9.59 Å². The predicted octanol–water partition coefficient (Wildman–Crippen LogP) is 3.27. The van der Waals surface area contributed by atoms with Gasteiger partial charge in [-0.25, -0.2) is 0 Å². The molecule has 2 heterocycles. The van der Waals surface area contributed by atoms with Crippen molar-refractivity contribution >= 4 is 22.6 Å². The average molecular weight is 359 g/mol. The molecule has 5 nitrogen and oxygen atoms in total. The fourth-order valence-electron chi connectivity index (χ4n) is 3.58. The van der Waals surface area contributed by atoms with Crippen LogP contribution in [0.5, 0.6) is 0 Å². The molecular weight excluding hydrogens is 338 g/mol. The van der Waals surface area contributed by atoms with E-state index in [-0.39, 0.29) is 17.9 Å². The number of likely N-dealkylation sites (tertiary alicyclic amines) is 1. The first kappa shape index (κ1) is 17.2. The first-order valence-corrected chi connectivity index (χ1v) is 9.20. The Kier molecular flexibility index (Phi) is 4.83. The Labute approximate surface area is 158 Å². The first-order chi connectivity index (χ1) is 13.2. The topological polar surface area (TPSA) is 62.3 Å². The molecule has 5 heteroatoms. The summed E-state index contributed by atoms with van der Waals surface area (Å²) in [4.78, 5) is 31.1. The van der Waals surface area contributed by atoms with E-state index in [0.29, 0.717) is 18.7 Å². The third-order valence-electron chi connectivity index (χ3n) is 5.08. The summed E-state index contributed by atoms with van der Waals surface area (Å²) in [6, 6.07) is 17.3. The largest absolute Gasteiger partial charge is 0.349 e. The molecule has 1 N–H and O–H groups in total. The molecule has 0 saturated carbocycles. The minimum Gasteiger partial charge on any atom is -0.349 e. The highest BCUT2D eigenvalue weighted by Crippen LogP contribution is 2.22. The molecule has 1 aromatic heterocycles. The number of hydrogen-bond donors (Lipinski definition) is 1. The monoisotopic (exact) mass is 359 g/mol. The van der Waals surface area contributed by atoms with Gasteiger partial charge in [-0.1, -0.05) is 36.4 Å². The van der Waals surface area contributed by atoms with E-state index in [1.165, 1.54) is 0 Å². The Hall–Kier alpha value is -3.21. The maximum absolute atomic E-state index is 13.0. The van der Waals surface area contributed by atoms with E-state index in [4.69, 9.17) is 0 Å². The van der Waals surface area contributed by atoms with Gasteiger partial charge in [-0.05, 0) is 41.8 Å². The molecule has 3 aromatic rings. The van der Waals surface area contributed by atoms with Crippen LogP contribution < -0.4 is 5.32 Å². The number of rotatable bonds is 3. The lowest BCUT2D eigenvalue weighted by atomic mass is 10.0. The normalized spacial score (nSPS) is 14.9. The number of aromatic nitrogens is 1. The van der Waals surface area contributed by atoms with Gasteiger partial charge in [0.15, 0.2) is 0 Å². The molecule has 0 unspecified atom stereocenters. The van der Waals surface area contributed by atoms with Crippen LogP contribution >= 0.6 is 0 Å². The van der Waals surface area contributed by atoms with E-state index in [1.807, 2.05) is 47.4 Å². The molecule has 136 valence electrons. The van der Waals surface area contributed by atoms with Crippen molar-refractivity contribution in [3.63, 3.8) is 0 Å². The third-order valence-corrected chi connectivity index (χ3v) is 5.08. The highest BCUT2D eigenvalue weighted by molar-refractivity contribution is 6.07. The van der Waals surface area contributed by atoms with Gasteiger partial charge in [0, 0.05) is 42.7 Å². The van der Waals surface area contributed by atoms with Gasteiger partial charge in [-0.15, -0.1) is 0 Å². The number of fused-ring (bicyclic) bond motifs is 1. The van der Waals surface area contributed by atoms with Crippen LogP contribution in [-0.2, 0) is 0 Å². The summed E-state index contributed by atoms with van der Waals surface area (Å²) >= 11 is 0. The van der Waals surface area contributed by atoms with Gasteiger partial charge in [-0.2, -0.15) is 0 Å². The van der Waals surface area contributed by atoms with Gasteiger partial charge in [0.05, 0.1) is 0 Å². The summed E-state index contributed by atoms with van der Waals surface area (Å²) in [7, 11) is 0. The SMILES string of the molecule is O=C(NC1CCN(C(=O)c2cccc3ccccc23)CC1)c1ccncc1. The molecule has 27 heavy (non-hydrogen) atoms. The lowest BCUT2D eigenvalue weighted by Gasteiger charge is -2.32. The number of nitrogens with zero attached hydrogens (tertiary/aromatic N) is 2. The fraction of sp³-hybridized carbons (Fsp3) is 0.227. The Morgan fingerprint density at radius 3 is 2.41 bits per heavy atom. The maximum Gasteiger partial charge on any atom is 0.254 e. The van der Waals surface area contributed by atoms with Crippen LogP contribution in [0.15, 0.2) is 67.0 Å². The number of amides is 2. The van der Waals surface area contributed by atoms with Crippen LogP contribution in [0, 0.1) is 0 Å². The molecule has 1 fully saturated rings. The van der Waals surface area contributed by atoms with Gasteiger partial charge in [0.25, 0.3) is 11.8 Å². The molecule has 1 aliphatic heterocycles. The summed E-state index contributed by atoms with van der Waals surface area (Å²) < 4.78 is 0. The van der Waals surface area contributed by atoms with Crippen molar-refractivity contribution in [2.45, 2.75) is 18.9 Å². The van der Waals surface area contributed by atoms with Gasteiger partial charge in [0.2, 0.25) is 0 Å². The van der Waals surface area contributed by atoms with Crippen LogP contribution in [0.2, 0.25) is 0 Å². The zero-order valence-electron chi connectivity index (χ0n) is 15.0. The molecular formula is C22H21N3O2. The molecule has 1 saturated heterocycles. The third kappa shape index (κ3) is 3.67. The van der Waals surface area contributed by atoms with Crippen LogP contribution in [0.25, 0.3) is 10.8 Å². The molecule has 2 aromatic carbocycles. The number of benzene rings is 2. The summed E-state index contributed by atoms with van der Waals surface area (Å²) in [6.45, 7) is 1.28. The maximum atomic E-state index is 13.0. The Balaban J connectivity index is 1.40. The minimum absolute atomic E-state index is 0.0608. The molecule has 0 spiro atoms. The molecule has 0 aliphatic carbocycles. The first-order valence-electron chi connectivity index (χ1n) is 9.20. The standard InChI is InChI=1S/C22H21N3O2/c26-21(17-8-12-23-13-9-17)24-18-10-14-25(15-11-18)22(27)20-7-3-5-16-4-1-2-6-19(16)20/h1-9,12-13,18H,10-11,14-15H2,(H,24,26). The molecule has 0 atom stereocenters. The summed E-state index contributed by atoms with van der Waals surface area (Å²) in [6.07, 6.45) is 4.74. The number of carbonyl (C=O) groups excluding carboxylic acids is 2. The number of piperidine rings is 1. The van der Waals surface area contributed by atoms with Crippen molar-refractivity contribution in [2.75, 3.05) is 13.1 Å². The second-order valence-corrected chi connectivity index (χ2v) is 6.80. The second kappa shape index (κ2) is 7.58. The van der Waals surface area contributed by atoms with E-state index < -0.39 is 0 Å². The van der Waals surface area contributed by atoms with Gasteiger partial charge in [0.1, 0.15) is 0 Å². The van der Waals surface area contributed by atoms with Crippen molar-refractivity contribution < 1.29 is 9.59 Å². The quantitative estimate of drug-likeness (QED) is 0.781. The van der Waals surface area contributed by atoms with Crippen LogP contribution in [0.1, 0.15) is 33.6 Å². The van der Waals surface area contributed by atoms with E-state index in [1.54, 1.807) is 24.5 Å². The molecule has 2 amide bonds. The van der Waals surface area contributed by atoms with Crippen LogP contribution in [0.3, 0.4) is 0 Å². The van der Waals surface area contributed by atoms with Crippen molar-refractivity contribution in [3.05, 3.63) is 78.1 Å². The molecule has 0 radical (unpaired) electrons. The Morgan fingerprint density at radius 2 is 1.63 bits per heavy atom. The summed E-state index contributed by atoms with van der Waals surface area (Å²) in [5.41, 5.74) is 1.35. The smallest absolute Gasteiger partial charge is 0.254 e. The molecule has 1 aliphatic rings. The summed E-state index contributed by atoms with van der Waals surface area (Å²) in [5.74, 6) is -0.0260. The number of nitrogens with one attached hydrogen (secondary N) is 1. The van der Waals surface area contributed by atoms with E-state index in [0.717, 1.165) is 29.2 Å². The van der Waals surface area contributed by atoms with Gasteiger partial charge in [-0.3, -0.25) is 14.6 Å². The zero-order chi connectivity index (χ0) is 18.6. The highest BCUT2D eigenvalue weighted by Gasteiger charge is 2.25. The van der Waals surface area contributed by atoms with Crippen molar-refractivity contribution in [3.8, 4) is 0 Å². The van der Waals surface area contributed by atoms with Crippen LogP contribution in [0.4, 0.5) is 0 Å². The lowest BCUT2D eigenvalue weighted by molar-refractivity contribution is 0.0700. The van der Waals surface area contributed by atoms with Crippen molar-refractivity contribution in [1.82, 2.24) is 15.2 Å². The van der Waals surface area contributed by atoms with Gasteiger partial charge < -0.3 is 10.2 Å². The molecule has 4 rings (SSSR count). The number of carbonyl (C=O) groups is 2. The highest BCUT2D eigenvalue weighted by atomic mass is 16.2. The number of hydrogen-bond acceptors (Lipinski definition) is 3. The average Bonchev–Trinajstić information content (AvgIpc) is 2.74. The predicted molar refractivity (Wildman–Crippen MR) is 105 cm³/mol. The fourth-order valence-corrected chi connectivity index (χ4v) is 3.58. The summed E-state index contributed by atoms with van der Waals surface area (Å²) in [5, 5.41) is 5.12. The zero-order valence-corrected chi connectivity index (χ0v) is 15.0. The van der Waals surface area contributed by atoms with Gasteiger partial charge >= 0.3 is 0 Å². The second-order valence-electron chi connectivity index (χ2n) is 6.80. The van der Waals surface area contributed by atoms with Crippen molar-refractivity contribution in [1.29, 1.82) is 0 Å². The molecule has 0 bridgehead atoms. The minimum atomic E-state index is -0.0868. The number of pyridine rings is 1.